The number of pyridine rings is 1. The second-order valence-electron chi connectivity index (χ2n) is 7.88. The van der Waals surface area contributed by atoms with Crippen LogP contribution in [0.2, 0.25) is 10.0 Å². The van der Waals surface area contributed by atoms with Crippen LogP contribution in [0.4, 0.5) is 11.4 Å². The smallest absolute Gasteiger partial charge is 0.163 e. The van der Waals surface area contributed by atoms with Crippen molar-refractivity contribution in [3.05, 3.63) is 46.1 Å². The lowest BCUT2D eigenvalue weighted by atomic mass is 10.1. The van der Waals surface area contributed by atoms with E-state index < -0.39 is 0 Å². The number of halogens is 2. The Morgan fingerprint density at radius 1 is 1.17 bits per heavy atom. The number of piperazine rings is 1. The van der Waals surface area contributed by atoms with Gasteiger partial charge < -0.3 is 30.1 Å². The molecule has 1 fully saturated rings. The second-order valence-corrected chi connectivity index (χ2v) is 8.70. The summed E-state index contributed by atoms with van der Waals surface area (Å²) < 4.78 is 11.6. The molecule has 2 heterocycles. The second kappa shape index (κ2) is 12.1. The van der Waals surface area contributed by atoms with Crippen LogP contribution < -0.4 is 20.1 Å². The molecule has 186 valence electrons. The lowest BCUT2D eigenvalue weighted by Gasteiger charge is -2.27. The highest BCUT2D eigenvalue weighted by atomic mass is 35.5. The molecule has 0 atom stereocenters. The number of hydrogen-bond donors (Lipinski definition) is 3. The summed E-state index contributed by atoms with van der Waals surface area (Å²) in [5, 5.41) is 27.2. The van der Waals surface area contributed by atoms with Crippen LogP contribution in [0.25, 0.3) is 10.9 Å². The van der Waals surface area contributed by atoms with Crippen LogP contribution in [-0.2, 0) is 0 Å². The summed E-state index contributed by atoms with van der Waals surface area (Å²) in [6, 6.07) is 8.56. The third kappa shape index (κ3) is 6.19. The molecule has 2 aromatic carbocycles. The zero-order valence-electron chi connectivity index (χ0n) is 18.7. The topological polar surface area (TPSA) is 103 Å². The molecule has 1 aromatic heterocycles. The fourth-order valence-electron chi connectivity index (χ4n) is 3.86. The summed E-state index contributed by atoms with van der Waals surface area (Å²) in [6.45, 7) is 5.67. The standard InChI is InChI=1S/C24H25Cl2N5O3.CH4/c1-33-22-9-16-19(12-23(22)34-8-2-5-31-6-3-28-4-7-31)29-14-15(13-27)24(16)30-20-11-21(32)18(26)10-17(20)25;/h9-12,14,28,32H,2-8H2,1H3,(H,29,30);1H4. The summed E-state index contributed by atoms with van der Waals surface area (Å²) in [6.07, 6.45) is 2.38. The van der Waals surface area contributed by atoms with Crippen LogP contribution in [0.3, 0.4) is 0 Å². The molecule has 0 aliphatic carbocycles. The fraction of sp³-hybridized carbons (Fsp3) is 0.360. The van der Waals surface area contributed by atoms with Gasteiger partial charge in [0, 0.05) is 56.4 Å². The molecule has 3 aromatic rings. The van der Waals surface area contributed by atoms with Gasteiger partial charge in [-0.2, -0.15) is 5.26 Å². The van der Waals surface area contributed by atoms with Crippen molar-refractivity contribution in [3.63, 3.8) is 0 Å². The highest BCUT2D eigenvalue weighted by Gasteiger charge is 2.17. The van der Waals surface area contributed by atoms with Crippen molar-refractivity contribution in [1.82, 2.24) is 15.2 Å². The zero-order valence-corrected chi connectivity index (χ0v) is 20.2. The number of nitrogens with one attached hydrogen (secondary N) is 2. The third-order valence-corrected chi connectivity index (χ3v) is 6.27. The van der Waals surface area contributed by atoms with Crippen molar-refractivity contribution in [2.75, 3.05) is 51.8 Å². The average molecular weight is 518 g/mol. The Morgan fingerprint density at radius 3 is 2.66 bits per heavy atom. The number of nitriles is 1. The van der Waals surface area contributed by atoms with Crippen LogP contribution in [0.5, 0.6) is 17.2 Å². The van der Waals surface area contributed by atoms with Gasteiger partial charge in [-0.15, -0.1) is 0 Å². The molecule has 3 N–H and O–H groups in total. The largest absolute Gasteiger partial charge is 0.506 e. The van der Waals surface area contributed by atoms with E-state index in [0.717, 1.165) is 39.1 Å². The number of methoxy groups -OCH3 is 1. The number of ether oxygens (including phenoxy) is 2. The van der Waals surface area contributed by atoms with Crippen LogP contribution >= 0.6 is 23.2 Å². The lowest BCUT2D eigenvalue weighted by molar-refractivity contribution is 0.211. The number of aromatic nitrogens is 1. The van der Waals surface area contributed by atoms with Crippen LogP contribution in [0.15, 0.2) is 30.5 Å². The van der Waals surface area contributed by atoms with Crippen LogP contribution in [0, 0.1) is 11.3 Å². The molecule has 0 spiro atoms. The van der Waals surface area contributed by atoms with E-state index in [1.807, 2.05) is 0 Å². The van der Waals surface area contributed by atoms with Gasteiger partial charge in [0.25, 0.3) is 0 Å². The first kappa shape index (κ1) is 26.6. The average Bonchev–Trinajstić information content (AvgIpc) is 2.85. The number of rotatable bonds is 8. The van der Waals surface area contributed by atoms with Crippen molar-refractivity contribution in [2.45, 2.75) is 13.8 Å². The van der Waals surface area contributed by atoms with Crippen molar-refractivity contribution in [1.29, 1.82) is 5.26 Å². The molecule has 0 amide bonds. The predicted octanol–water partition coefficient (Wildman–Crippen LogP) is 5.18. The summed E-state index contributed by atoms with van der Waals surface area (Å²) >= 11 is 12.2. The fourth-order valence-corrected chi connectivity index (χ4v) is 4.30. The predicted molar refractivity (Wildman–Crippen MR) is 141 cm³/mol. The van der Waals surface area contributed by atoms with E-state index in [2.05, 4.69) is 26.6 Å². The first-order valence-corrected chi connectivity index (χ1v) is 11.7. The number of benzene rings is 2. The van der Waals surface area contributed by atoms with Crippen LogP contribution in [0.1, 0.15) is 19.4 Å². The molecule has 0 unspecified atom stereocenters. The molecule has 8 nitrogen and oxygen atoms in total. The van der Waals surface area contributed by atoms with Crippen LogP contribution in [-0.4, -0.2) is 61.4 Å². The Balaban J connectivity index is 0.00000342. The summed E-state index contributed by atoms with van der Waals surface area (Å²) in [5.74, 6) is 0.986. The minimum atomic E-state index is -0.125. The molecule has 4 rings (SSSR count). The first-order valence-electron chi connectivity index (χ1n) is 10.9. The molecule has 1 saturated heterocycles. The van der Waals surface area contributed by atoms with E-state index in [1.165, 1.54) is 18.3 Å². The lowest BCUT2D eigenvalue weighted by Crippen LogP contribution is -2.43. The Labute approximate surface area is 215 Å². The van der Waals surface area contributed by atoms with Gasteiger partial charge in [-0.05, 0) is 18.6 Å². The molecule has 0 bridgehead atoms. The number of anilines is 2. The normalized spacial score (nSPS) is 13.7. The monoisotopic (exact) mass is 517 g/mol. The van der Waals surface area contributed by atoms with E-state index in [1.54, 1.807) is 19.2 Å². The van der Waals surface area contributed by atoms with Crippen molar-refractivity contribution >= 4 is 45.5 Å². The number of aromatic hydroxyl groups is 1. The summed E-state index contributed by atoms with van der Waals surface area (Å²) in [7, 11) is 1.57. The van der Waals surface area contributed by atoms with Gasteiger partial charge in [-0.3, -0.25) is 4.98 Å². The highest BCUT2D eigenvalue weighted by Crippen LogP contribution is 2.40. The zero-order chi connectivity index (χ0) is 24.1. The number of hydrogen-bond acceptors (Lipinski definition) is 8. The van der Waals surface area contributed by atoms with Gasteiger partial charge in [-0.25, -0.2) is 0 Å². The molecular weight excluding hydrogens is 489 g/mol. The van der Waals surface area contributed by atoms with Gasteiger partial charge in [-0.1, -0.05) is 30.6 Å². The number of fused-ring (bicyclic) bond motifs is 1. The molecular formula is C25H29Cl2N5O3. The molecule has 10 heteroatoms. The first-order chi connectivity index (χ1) is 16.5. The van der Waals surface area contributed by atoms with Gasteiger partial charge in [0.2, 0.25) is 0 Å². The maximum Gasteiger partial charge on any atom is 0.163 e. The number of nitrogens with zero attached hydrogens (tertiary/aromatic N) is 3. The molecule has 0 saturated carbocycles. The number of phenolic OH excluding ortho intramolecular Hbond substituents is 1. The van der Waals surface area contributed by atoms with E-state index in [-0.39, 0.29) is 18.2 Å². The molecule has 1 aliphatic rings. The van der Waals surface area contributed by atoms with Gasteiger partial charge in [0.1, 0.15) is 11.8 Å². The van der Waals surface area contributed by atoms with Crippen molar-refractivity contribution < 1.29 is 14.6 Å². The maximum atomic E-state index is 10.00. The Hall–Kier alpha value is -2.96. The Morgan fingerprint density at radius 2 is 1.94 bits per heavy atom. The molecule has 35 heavy (non-hydrogen) atoms. The summed E-state index contributed by atoms with van der Waals surface area (Å²) in [5.41, 5.74) is 1.82. The minimum Gasteiger partial charge on any atom is -0.506 e. The van der Waals surface area contributed by atoms with E-state index >= 15 is 0 Å². The van der Waals surface area contributed by atoms with E-state index in [4.69, 9.17) is 32.7 Å². The molecule has 0 radical (unpaired) electrons. The highest BCUT2D eigenvalue weighted by molar-refractivity contribution is 6.37. The van der Waals surface area contributed by atoms with Gasteiger partial charge in [0.05, 0.1) is 46.2 Å². The minimum absolute atomic E-state index is 0. The quantitative estimate of drug-likeness (QED) is 0.351. The van der Waals surface area contributed by atoms with E-state index in [0.29, 0.717) is 51.0 Å². The van der Waals surface area contributed by atoms with Crippen molar-refractivity contribution in [3.8, 4) is 23.3 Å². The Bertz CT molecular complexity index is 1230. The SMILES string of the molecule is C.COc1cc2c(Nc3cc(O)c(Cl)cc3Cl)c(C#N)cnc2cc1OCCCN1CCNCC1. The van der Waals surface area contributed by atoms with Crippen molar-refractivity contribution in [2.24, 2.45) is 0 Å². The Kier molecular flexibility index (Phi) is 9.24. The van der Waals surface area contributed by atoms with Gasteiger partial charge in [0.15, 0.2) is 11.5 Å². The third-order valence-electron chi connectivity index (χ3n) is 5.66. The number of phenols is 1. The summed E-state index contributed by atoms with van der Waals surface area (Å²) in [4.78, 5) is 6.85. The van der Waals surface area contributed by atoms with Gasteiger partial charge >= 0.3 is 0 Å². The molecule has 1 aliphatic heterocycles. The maximum absolute atomic E-state index is 10.00. The van der Waals surface area contributed by atoms with E-state index in [9.17, 15) is 10.4 Å².